The van der Waals surface area contributed by atoms with Crippen LogP contribution in [0.3, 0.4) is 0 Å². The van der Waals surface area contributed by atoms with Gasteiger partial charge in [-0.2, -0.15) is 13.2 Å². The molecule has 0 unspecified atom stereocenters. The highest BCUT2D eigenvalue weighted by molar-refractivity contribution is 8.01. The van der Waals surface area contributed by atoms with Crippen molar-refractivity contribution >= 4 is 34.9 Å². The first-order valence-electron chi connectivity index (χ1n) is 15.9. The van der Waals surface area contributed by atoms with Crippen molar-refractivity contribution in [1.29, 1.82) is 0 Å². The van der Waals surface area contributed by atoms with E-state index >= 15 is 0 Å². The number of aliphatic hydroxyl groups excluding tert-OH is 1. The first kappa shape index (κ1) is 35.0. The van der Waals surface area contributed by atoms with Crippen LogP contribution in [0.1, 0.15) is 58.9 Å². The molecule has 49 heavy (non-hydrogen) atoms. The summed E-state index contributed by atoms with van der Waals surface area (Å²) in [6, 6.07) is 21.9. The lowest BCUT2D eigenvalue weighted by atomic mass is 9.99. The second-order valence-electron chi connectivity index (χ2n) is 11.9. The number of alkyl halides is 3. The first-order chi connectivity index (χ1) is 23.6. The maximum Gasteiger partial charge on any atom is 0.471 e. The Hall–Kier alpha value is -3.82. The standard InChI is InChI=1S/C35H35F3N4O5S2/c1-21-40-41-34(49-21)48-20-28-17-30(24-12-10-22(19-43)11-13-24)47-32(46-28)27-8-3-7-26(16-27)25-6-2-5-23(15-25)18-39-31(44)29-9-4-14-42(29)33(45)35(36,37)38/h2-3,5-8,10-13,15-16,28-30,32,43H,4,9,14,17-20H2,1H3,(H,39,44)/t28-,29-,30+,32+/m0/s1. The topological polar surface area (TPSA) is 114 Å². The zero-order chi connectivity index (χ0) is 34.5. The summed E-state index contributed by atoms with van der Waals surface area (Å²) in [5.74, 6) is -1.93. The van der Waals surface area contributed by atoms with Gasteiger partial charge in [-0.25, -0.2) is 0 Å². The predicted octanol–water partition coefficient (Wildman–Crippen LogP) is 6.51. The van der Waals surface area contributed by atoms with E-state index in [9.17, 15) is 27.9 Å². The van der Waals surface area contributed by atoms with Crippen LogP contribution >= 0.6 is 23.1 Å². The van der Waals surface area contributed by atoms with Gasteiger partial charge in [0, 0.05) is 30.8 Å². The van der Waals surface area contributed by atoms with Crippen molar-refractivity contribution in [2.75, 3.05) is 12.3 Å². The number of carbonyl (C=O) groups excluding carboxylic acids is 2. The van der Waals surface area contributed by atoms with Crippen molar-refractivity contribution in [3.8, 4) is 11.1 Å². The summed E-state index contributed by atoms with van der Waals surface area (Å²) in [5, 5.41) is 21.5. The van der Waals surface area contributed by atoms with Crippen LogP contribution in [0.5, 0.6) is 0 Å². The Bertz CT molecular complexity index is 1770. The molecular formula is C35H35F3N4O5S2. The second-order valence-corrected chi connectivity index (χ2v) is 14.4. The normalized spacial score (nSPS) is 21.1. The summed E-state index contributed by atoms with van der Waals surface area (Å²) in [5.41, 5.74) is 5.14. The third-order valence-electron chi connectivity index (χ3n) is 8.46. The van der Waals surface area contributed by atoms with E-state index in [0.717, 1.165) is 42.7 Å². The minimum Gasteiger partial charge on any atom is -0.392 e. The number of likely N-dealkylation sites (tertiary alicyclic amines) is 1. The lowest BCUT2D eigenvalue weighted by Gasteiger charge is -2.36. The number of benzene rings is 3. The van der Waals surface area contributed by atoms with Crippen molar-refractivity contribution in [2.45, 2.75) is 74.4 Å². The molecule has 14 heteroatoms. The third kappa shape index (κ3) is 8.68. The summed E-state index contributed by atoms with van der Waals surface area (Å²) < 4.78 is 53.0. The number of carbonyl (C=O) groups is 2. The third-order valence-corrected chi connectivity index (χ3v) is 10.6. The van der Waals surface area contributed by atoms with Crippen molar-refractivity contribution in [3.05, 3.63) is 100 Å². The van der Waals surface area contributed by atoms with Crippen LogP contribution < -0.4 is 5.32 Å². The van der Waals surface area contributed by atoms with Crippen LogP contribution in [0.4, 0.5) is 13.2 Å². The van der Waals surface area contributed by atoms with E-state index in [4.69, 9.17) is 9.47 Å². The van der Waals surface area contributed by atoms with Crippen molar-refractivity contribution in [2.24, 2.45) is 0 Å². The van der Waals surface area contributed by atoms with Gasteiger partial charge in [0.2, 0.25) is 5.91 Å². The van der Waals surface area contributed by atoms with Gasteiger partial charge in [-0.05, 0) is 59.7 Å². The number of thioether (sulfide) groups is 1. The lowest BCUT2D eigenvalue weighted by molar-refractivity contribution is -0.245. The molecule has 0 bridgehead atoms. The van der Waals surface area contributed by atoms with Gasteiger partial charge in [0.25, 0.3) is 0 Å². The quantitative estimate of drug-likeness (QED) is 0.179. The van der Waals surface area contributed by atoms with Gasteiger partial charge in [0.1, 0.15) is 11.0 Å². The van der Waals surface area contributed by atoms with E-state index in [2.05, 4.69) is 15.5 Å². The van der Waals surface area contributed by atoms with Crippen LogP contribution in [0.15, 0.2) is 77.1 Å². The van der Waals surface area contributed by atoms with E-state index in [1.54, 1.807) is 11.8 Å². The fraction of sp³-hybridized carbons (Fsp3) is 0.371. The fourth-order valence-electron chi connectivity index (χ4n) is 6.00. The Morgan fingerprint density at radius 1 is 1.00 bits per heavy atom. The highest BCUT2D eigenvalue weighted by Gasteiger charge is 2.47. The van der Waals surface area contributed by atoms with Crippen LogP contribution in [-0.2, 0) is 32.2 Å². The number of rotatable bonds is 10. The molecule has 2 aliphatic heterocycles. The van der Waals surface area contributed by atoms with E-state index in [1.165, 1.54) is 11.3 Å². The Morgan fingerprint density at radius 3 is 2.47 bits per heavy atom. The van der Waals surface area contributed by atoms with Gasteiger partial charge in [-0.1, -0.05) is 83.8 Å². The number of amides is 2. The summed E-state index contributed by atoms with van der Waals surface area (Å²) in [6.45, 7) is 1.87. The van der Waals surface area contributed by atoms with Crippen LogP contribution in [0.25, 0.3) is 11.1 Å². The number of nitrogens with one attached hydrogen (secondary N) is 1. The molecule has 0 aliphatic carbocycles. The molecule has 2 N–H and O–H groups in total. The largest absolute Gasteiger partial charge is 0.471 e. The first-order valence-corrected chi connectivity index (χ1v) is 17.7. The molecule has 2 aliphatic rings. The Balaban J connectivity index is 1.16. The lowest BCUT2D eigenvalue weighted by Crippen LogP contribution is -2.50. The maximum absolute atomic E-state index is 13.0. The minimum atomic E-state index is -5.02. The maximum atomic E-state index is 13.0. The van der Waals surface area contributed by atoms with Gasteiger partial charge in [-0.15, -0.1) is 10.2 Å². The van der Waals surface area contributed by atoms with Gasteiger partial charge in [0.15, 0.2) is 10.6 Å². The molecule has 9 nitrogen and oxygen atoms in total. The molecule has 1 aromatic heterocycles. The number of halogens is 3. The number of aromatic nitrogens is 2. The molecule has 4 atom stereocenters. The van der Waals surface area contributed by atoms with Crippen LogP contribution in [0, 0.1) is 6.92 Å². The molecule has 2 saturated heterocycles. The Labute approximate surface area is 289 Å². The zero-order valence-electron chi connectivity index (χ0n) is 26.6. The summed E-state index contributed by atoms with van der Waals surface area (Å²) >= 11 is 3.14. The van der Waals surface area contributed by atoms with E-state index < -0.39 is 30.3 Å². The molecular weight excluding hydrogens is 678 g/mol. The SMILES string of the molecule is Cc1nnc(SC[C@@H]2C[C@H](c3ccc(CO)cc3)O[C@H](c3cccc(-c4cccc(CNC(=O)[C@@H]5CCCN5C(=O)C(F)(F)F)c4)c3)O2)s1. The molecule has 0 saturated carbocycles. The second kappa shape index (κ2) is 15.4. The van der Waals surface area contributed by atoms with Gasteiger partial charge in [-0.3, -0.25) is 9.59 Å². The molecule has 0 radical (unpaired) electrons. The average molecular weight is 713 g/mol. The number of aryl methyl sites for hydroxylation is 1. The molecule has 4 aromatic rings. The molecule has 2 amide bonds. The summed E-state index contributed by atoms with van der Waals surface area (Å²) in [7, 11) is 0. The van der Waals surface area contributed by atoms with E-state index in [0.29, 0.717) is 23.5 Å². The number of hydrogen-bond acceptors (Lipinski definition) is 9. The summed E-state index contributed by atoms with van der Waals surface area (Å²) in [4.78, 5) is 25.3. The predicted molar refractivity (Wildman–Crippen MR) is 178 cm³/mol. The molecule has 3 heterocycles. The molecule has 0 spiro atoms. The van der Waals surface area contributed by atoms with Crippen LogP contribution in [-0.4, -0.2) is 62.6 Å². The minimum absolute atomic E-state index is 0.0411. The van der Waals surface area contributed by atoms with Crippen molar-refractivity contribution in [3.63, 3.8) is 0 Å². The molecule has 2 fully saturated rings. The Morgan fingerprint density at radius 2 is 1.76 bits per heavy atom. The monoisotopic (exact) mass is 712 g/mol. The number of hydrogen-bond donors (Lipinski definition) is 2. The molecule has 6 rings (SSSR count). The van der Waals surface area contributed by atoms with Gasteiger partial charge in [0.05, 0.1) is 18.8 Å². The van der Waals surface area contributed by atoms with Crippen molar-refractivity contribution in [1.82, 2.24) is 20.4 Å². The number of ether oxygens (including phenoxy) is 2. The number of aliphatic hydroxyl groups is 1. The van der Waals surface area contributed by atoms with E-state index in [1.807, 2.05) is 79.7 Å². The highest BCUT2D eigenvalue weighted by Crippen LogP contribution is 2.40. The zero-order valence-corrected chi connectivity index (χ0v) is 28.2. The average Bonchev–Trinajstić information content (AvgIpc) is 3.78. The summed E-state index contributed by atoms with van der Waals surface area (Å²) in [6.07, 6.45) is -4.92. The van der Waals surface area contributed by atoms with E-state index in [-0.39, 0.29) is 38.3 Å². The highest BCUT2D eigenvalue weighted by atomic mass is 32.2. The Kier molecular flexibility index (Phi) is 11.0. The molecule has 258 valence electrons. The van der Waals surface area contributed by atoms with Crippen molar-refractivity contribution < 1.29 is 37.3 Å². The smallest absolute Gasteiger partial charge is 0.392 e. The van der Waals surface area contributed by atoms with Crippen LogP contribution in [0.2, 0.25) is 0 Å². The number of nitrogens with zero attached hydrogens (tertiary/aromatic N) is 3. The van der Waals surface area contributed by atoms with Gasteiger partial charge >= 0.3 is 12.1 Å². The van der Waals surface area contributed by atoms with Gasteiger partial charge < -0.3 is 24.8 Å². The fourth-order valence-corrected chi connectivity index (χ4v) is 7.86. The molecule has 3 aromatic carbocycles.